The van der Waals surface area contributed by atoms with Crippen LogP contribution in [0.2, 0.25) is 0 Å². The van der Waals surface area contributed by atoms with Crippen molar-refractivity contribution in [1.29, 1.82) is 5.26 Å². The van der Waals surface area contributed by atoms with Crippen LogP contribution in [0.4, 0.5) is 5.69 Å². The Bertz CT molecular complexity index is 961. The van der Waals surface area contributed by atoms with E-state index in [1.165, 1.54) is 0 Å². The molecule has 2 N–H and O–H groups in total. The predicted molar refractivity (Wildman–Crippen MR) is 111 cm³/mol. The molecule has 0 radical (unpaired) electrons. The van der Waals surface area contributed by atoms with E-state index in [0.717, 1.165) is 23.5 Å². The molecule has 0 atom stereocenters. The van der Waals surface area contributed by atoms with Crippen LogP contribution in [0.25, 0.3) is 6.08 Å². The molecule has 6 heteroatoms. The monoisotopic (exact) mass is 378 g/mol. The first-order chi connectivity index (χ1) is 13.3. The first kappa shape index (κ1) is 21.0. The Morgan fingerprint density at radius 1 is 1.25 bits per heavy atom. The number of benzene rings is 1. The van der Waals surface area contributed by atoms with Crippen LogP contribution in [-0.4, -0.2) is 23.4 Å². The minimum atomic E-state index is -0.509. The number of rotatable bonds is 6. The van der Waals surface area contributed by atoms with Gasteiger partial charge in [0.05, 0.1) is 0 Å². The largest absolute Gasteiger partial charge is 0.355 e. The summed E-state index contributed by atoms with van der Waals surface area (Å²) < 4.78 is 2.19. The summed E-state index contributed by atoms with van der Waals surface area (Å²) in [5.74, 6) is -0.261. The quantitative estimate of drug-likeness (QED) is 0.594. The molecule has 0 unspecified atom stereocenters. The smallest absolute Gasteiger partial charge is 0.266 e. The lowest BCUT2D eigenvalue weighted by Gasteiger charge is -2.12. The van der Waals surface area contributed by atoms with Crippen molar-refractivity contribution < 1.29 is 9.59 Å². The summed E-state index contributed by atoms with van der Waals surface area (Å²) >= 11 is 0. The van der Waals surface area contributed by atoms with Crippen LogP contribution < -0.4 is 10.6 Å². The van der Waals surface area contributed by atoms with Gasteiger partial charge in [-0.2, -0.15) is 5.26 Å². The number of nitrogens with zero attached hydrogens (tertiary/aromatic N) is 2. The summed E-state index contributed by atoms with van der Waals surface area (Å²) in [5, 5.41) is 14.7. The maximum Gasteiger partial charge on any atom is 0.266 e. The number of carbonyl (C=O) groups is 2. The van der Waals surface area contributed by atoms with Crippen molar-refractivity contribution in [1.82, 2.24) is 9.88 Å². The van der Waals surface area contributed by atoms with Gasteiger partial charge in [-0.05, 0) is 55.7 Å². The van der Waals surface area contributed by atoms with E-state index in [1.54, 1.807) is 37.4 Å². The minimum Gasteiger partial charge on any atom is -0.355 e. The first-order valence-electron chi connectivity index (χ1n) is 9.18. The molecule has 1 aromatic heterocycles. The van der Waals surface area contributed by atoms with E-state index in [0.29, 0.717) is 17.2 Å². The first-order valence-corrected chi connectivity index (χ1v) is 9.18. The standard InChI is InChI=1S/C22H26N4O2/c1-14(2)13-26-15(3)9-18(16(26)4)10-19(12-23)22(28)25-20-8-6-7-17(11-20)21(27)24-5/h6-11,14H,13H2,1-5H3,(H,24,27)(H,25,28)/b19-10+. The van der Waals surface area contributed by atoms with Crippen molar-refractivity contribution in [2.75, 3.05) is 12.4 Å². The third kappa shape index (κ3) is 4.89. The Hall–Kier alpha value is -3.33. The molecule has 146 valence electrons. The molecule has 0 saturated heterocycles. The van der Waals surface area contributed by atoms with Crippen LogP contribution in [0.15, 0.2) is 35.9 Å². The number of nitriles is 1. The molecular weight excluding hydrogens is 352 g/mol. The van der Waals surface area contributed by atoms with Gasteiger partial charge in [-0.1, -0.05) is 19.9 Å². The van der Waals surface area contributed by atoms with Crippen LogP contribution in [-0.2, 0) is 11.3 Å². The molecule has 2 amide bonds. The van der Waals surface area contributed by atoms with Crippen LogP contribution in [0.5, 0.6) is 0 Å². The molecule has 1 heterocycles. The van der Waals surface area contributed by atoms with Gasteiger partial charge in [-0.15, -0.1) is 0 Å². The number of aromatic nitrogens is 1. The lowest BCUT2D eigenvalue weighted by molar-refractivity contribution is -0.112. The van der Waals surface area contributed by atoms with Crippen LogP contribution in [0.1, 0.15) is 41.2 Å². The van der Waals surface area contributed by atoms with E-state index in [1.807, 2.05) is 26.0 Å². The third-order valence-corrected chi connectivity index (χ3v) is 4.44. The van der Waals surface area contributed by atoms with Crippen molar-refractivity contribution in [3.63, 3.8) is 0 Å². The van der Waals surface area contributed by atoms with E-state index in [2.05, 4.69) is 29.0 Å². The fourth-order valence-electron chi connectivity index (χ4n) is 3.01. The molecule has 0 bridgehead atoms. The van der Waals surface area contributed by atoms with Gasteiger partial charge in [-0.3, -0.25) is 9.59 Å². The molecule has 0 spiro atoms. The van der Waals surface area contributed by atoms with E-state index < -0.39 is 5.91 Å². The van der Waals surface area contributed by atoms with Gasteiger partial charge in [0.2, 0.25) is 0 Å². The highest BCUT2D eigenvalue weighted by Crippen LogP contribution is 2.20. The summed E-state index contributed by atoms with van der Waals surface area (Å²) in [6.07, 6.45) is 1.61. The molecule has 0 fully saturated rings. The SMILES string of the molecule is CNC(=O)c1cccc(NC(=O)/C(C#N)=C/c2cc(C)n(CC(C)C)c2C)c1. The Kier molecular flexibility index (Phi) is 6.78. The van der Waals surface area contributed by atoms with Gasteiger partial charge >= 0.3 is 0 Å². The fourth-order valence-corrected chi connectivity index (χ4v) is 3.01. The zero-order chi connectivity index (χ0) is 20.8. The lowest BCUT2D eigenvalue weighted by Crippen LogP contribution is -2.18. The summed E-state index contributed by atoms with van der Waals surface area (Å²) in [5.41, 5.74) is 3.86. The molecule has 0 aliphatic heterocycles. The Labute approximate surface area is 165 Å². The highest BCUT2D eigenvalue weighted by Gasteiger charge is 2.14. The van der Waals surface area contributed by atoms with E-state index in [4.69, 9.17) is 0 Å². The predicted octanol–water partition coefficient (Wildman–Crippen LogP) is 3.67. The Morgan fingerprint density at radius 2 is 1.96 bits per heavy atom. The molecule has 0 saturated carbocycles. The fraction of sp³-hybridized carbons (Fsp3) is 0.318. The molecule has 0 aliphatic carbocycles. The Balaban J connectivity index is 2.27. The zero-order valence-electron chi connectivity index (χ0n) is 17.0. The molecular formula is C22H26N4O2. The Morgan fingerprint density at radius 3 is 2.57 bits per heavy atom. The van der Waals surface area contributed by atoms with Gasteiger partial charge in [0, 0.05) is 36.2 Å². The van der Waals surface area contributed by atoms with Gasteiger partial charge in [0.15, 0.2) is 0 Å². The van der Waals surface area contributed by atoms with E-state index in [9.17, 15) is 14.9 Å². The van der Waals surface area contributed by atoms with Crippen molar-refractivity contribution in [3.8, 4) is 6.07 Å². The van der Waals surface area contributed by atoms with Gasteiger partial charge < -0.3 is 15.2 Å². The molecule has 6 nitrogen and oxygen atoms in total. The number of nitrogens with one attached hydrogen (secondary N) is 2. The maximum atomic E-state index is 12.6. The second kappa shape index (κ2) is 9.05. The van der Waals surface area contributed by atoms with Crippen LogP contribution >= 0.6 is 0 Å². The van der Waals surface area contributed by atoms with Crippen molar-refractivity contribution in [2.45, 2.75) is 34.2 Å². The number of anilines is 1. The highest BCUT2D eigenvalue weighted by molar-refractivity contribution is 6.10. The van der Waals surface area contributed by atoms with E-state index >= 15 is 0 Å². The molecule has 2 rings (SSSR count). The number of amides is 2. The maximum absolute atomic E-state index is 12.6. The molecule has 28 heavy (non-hydrogen) atoms. The van der Waals surface area contributed by atoms with Gasteiger partial charge in [-0.25, -0.2) is 0 Å². The highest BCUT2D eigenvalue weighted by atomic mass is 16.2. The number of carbonyl (C=O) groups excluding carboxylic acids is 2. The normalized spacial score (nSPS) is 11.2. The zero-order valence-corrected chi connectivity index (χ0v) is 17.0. The topological polar surface area (TPSA) is 86.9 Å². The number of aryl methyl sites for hydroxylation is 1. The van der Waals surface area contributed by atoms with Crippen molar-refractivity contribution in [3.05, 3.63) is 58.4 Å². The molecule has 1 aromatic carbocycles. The minimum absolute atomic E-state index is 0.00939. The molecule has 2 aromatic rings. The van der Waals surface area contributed by atoms with Crippen molar-refractivity contribution >= 4 is 23.6 Å². The number of hydrogen-bond acceptors (Lipinski definition) is 3. The lowest BCUT2D eigenvalue weighted by atomic mass is 10.1. The third-order valence-electron chi connectivity index (χ3n) is 4.44. The summed E-state index contributed by atoms with van der Waals surface area (Å²) in [7, 11) is 1.54. The van der Waals surface area contributed by atoms with Gasteiger partial charge in [0.1, 0.15) is 11.6 Å². The van der Waals surface area contributed by atoms with E-state index in [-0.39, 0.29) is 11.5 Å². The van der Waals surface area contributed by atoms with Crippen LogP contribution in [0.3, 0.4) is 0 Å². The summed E-state index contributed by atoms with van der Waals surface area (Å²) in [6.45, 7) is 9.18. The second-order valence-corrected chi connectivity index (χ2v) is 7.11. The molecule has 0 aliphatic rings. The average molecular weight is 378 g/mol. The summed E-state index contributed by atoms with van der Waals surface area (Å²) in [6, 6.07) is 10.5. The average Bonchev–Trinajstić information content (AvgIpc) is 2.92. The van der Waals surface area contributed by atoms with Crippen LogP contribution in [0, 0.1) is 31.1 Å². The van der Waals surface area contributed by atoms with Crippen molar-refractivity contribution in [2.24, 2.45) is 5.92 Å². The summed E-state index contributed by atoms with van der Waals surface area (Å²) in [4.78, 5) is 24.3. The second-order valence-electron chi connectivity index (χ2n) is 7.11. The number of hydrogen-bond donors (Lipinski definition) is 2. The van der Waals surface area contributed by atoms with Gasteiger partial charge in [0.25, 0.3) is 11.8 Å².